The van der Waals surface area contributed by atoms with Crippen LogP contribution in [0.2, 0.25) is 0 Å². The van der Waals surface area contributed by atoms with E-state index in [1.807, 2.05) is 6.07 Å². The number of benzene rings is 1. The van der Waals surface area contributed by atoms with Gasteiger partial charge in [-0.15, -0.1) is 0 Å². The van der Waals surface area contributed by atoms with Crippen LogP contribution in [-0.4, -0.2) is 0 Å². The molecule has 0 fully saturated rings. The van der Waals surface area contributed by atoms with Gasteiger partial charge in [0.2, 0.25) is 0 Å². The van der Waals surface area contributed by atoms with Gasteiger partial charge in [0.25, 0.3) is 0 Å². The van der Waals surface area contributed by atoms with E-state index in [9.17, 15) is 4.39 Å². The third kappa shape index (κ3) is 3.02. The molecule has 13 heavy (non-hydrogen) atoms. The number of hydrogen-bond donors (Lipinski definition) is 0. The predicted octanol–water partition coefficient (Wildman–Crippen LogP) is 3.36. The summed E-state index contributed by atoms with van der Waals surface area (Å²) in [4.78, 5) is 0. The smallest absolute Gasteiger partial charge is 0.124 e. The third-order valence-corrected chi connectivity index (χ3v) is 1.81. The van der Waals surface area contributed by atoms with Crippen molar-refractivity contribution in [3.63, 3.8) is 0 Å². The second kappa shape index (κ2) is 4.22. The van der Waals surface area contributed by atoms with Crippen molar-refractivity contribution in [2.24, 2.45) is 5.92 Å². The van der Waals surface area contributed by atoms with E-state index in [4.69, 9.17) is 0 Å². The standard InChI is InChI=1S/C12H14F/c1-4-10-6-11(5-9(2)3)8-12(13)7-10/h6-9H,1,5H2,2-3H3. The van der Waals surface area contributed by atoms with Gasteiger partial charge in [0.1, 0.15) is 5.82 Å². The minimum Gasteiger partial charge on any atom is -0.207 e. The van der Waals surface area contributed by atoms with E-state index in [2.05, 4.69) is 26.5 Å². The van der Waals surface area contributed by atoms with Crippen molar-refractivity contribution in [3.05, 3.63) is 47.8 Å². The van der Waals surface area contributed by atoms with Gasteiger partial charge in [0, 0.05) is 0 Å². The van der Waals surface area contributed by atoms with E-state index >= 15 is 0 Å². The first-order chi connectivity index (χ1) is 6.11. The van der Waals surface area contributed by atoms with E-state index in [-0.39, 0.29) is 5.82 Å². The maximum absolute atomic E-state index is 13.0. The first-order valence-corrected chi connectivity index (χ1v) is 4.44. The summed E-state index contributed by atoms with van der Waals surface area (Å²) in [5, 5.41) is 0. The van der Waals surface area contributed by atoms with E-state index in [1.54, 1.807) is 6.07 Å². The van der Waals surface area contributed by atoms with E-state index in [1.165, 1.54) is 6.07 Å². The first-order valence-electron chi connectivity index (χ1n) is 4.44. The summed E-state index contributed by atoms with van der Waals surface area (Å²) in [6.45, 7) is 7.73. The lowest BCUT2D eigenvalue weighted by atomic mass is 10.0. The Morgan fingerprint density at radius 1 is 1.38 bits per heavy atom. The van der Waals surface area contributed by atoms with E-state index in [0.717, 1.165) is 17.5 Å². The topological polar surface area (TPSA) is 0 Å². The lowest BCUT2D eigenvalue weighted by Gasteiger charge is -2.05. The highest BCUT2D eigenvalue weighted by atomic mass is 19.1. The molecule has 0 spiro atoms. The van der Waals surface area contributed by atoms with E-state index in [0.29, 0.717) is 5.92 Å². The van der Waals surface area contributed by atoms with Crippen LogP contribution >= 0.6 is 0 Å². The van der Waals surface area contributed by atoms with Crippen LogP contribution in [-0.2, 0) is 6.42 Å². The molecular weight excluding hydrogens is 163 g/mol. The normalized spacial score (nSPS) is 10.5. The Balaban J connectivity index is 2.94. The van der Waals surface area contributed by atoms with Gasteiger partial charge in [-0.2, -0.15) is 0 Å². The molecule has 0 nitrogen and oxygen atoms in total. The minimum atomic E-state index is -0.204. The molecule has 1 heteroatoms. The summed E-state index contributed by atoms with van der Waals surface area (Å²) >= 11 is 0. The maximum Gasteiger partial charge on any atom is 0.124 e. The van der Waals surface area contributed by atoms with Crippen LogP contribution in [0.25, 0.3) is 0 Å². The summed E-state index contributed by atoms with van der Waals surface area (Å²) < 4.78 is 13.0. The van der Waals surface area contributed by atoms with Crippen molar-refractivity contribution < 1.29 is 4.39 Å². The summed E-state index contributed by atoms with van der Waals surface area (Å²) in [7, 11) is 0. The van der Waals surface area contributed by atoms with Crippen LogP contribution in [0.5, 0.6) is 0 Å². The fourth-order valence-electron chi connectivity index (χ4n) is 1.34. The van der Waals surface area contributed by atoms with Crippen molar-refractivity contribution in [2.45, 2.75) is 20.3 Å². The molecule has 0 aromatic heterocycles. The number of halogens is 1. The van der Waals surface area contributed by atoms with E-state index < -0.39 is 0 Å². The third-order valence-electron chi connectivity index (χ3n) is 1.81. The molecular formula is C12H14F. The second-order valence-electron chi connectivity index (χ2n) is 3.62. The summed E-state index contributed by atoms with van der Waals surface area (Å²) in [5.74, 6) is 0.337. The van der Waals surface area contributed by atoms with Gasteiger partial charge in [-0.1, -0.05) is 26.5 Å². The highest BCUT2D eigenvalue weighted by Gasteiger charge is 2.01. The Bertz CT molecular complexity index is 300. The van der Waals surface area contributed by atoms with Crippen LogP contribution in [0.4, 0.5) is 4.39 Å². The Kier molecular flexibility index (Phi) is 3.24. The molecule has 1 rings (SSSR count). The molecule has 0 N–H and O–H groups in total. The molecule has 1 aromatic rings. The predicted molar refractivity (Wildman–Crippen MR) is 52.9 cm³/mol. The molecule has 0 saturated heterocycles. The van der Waals surface area contributed by atoms with Crippen molar-refractivity contribution in [3.8, 4) is 0 Å². The van der Waals surface area contributed by atoms with Gasteiger partial charge in [0.15, 0.2) is 0 Å². The molecule has 0 unspecified atom stereocenters. The van der Waals surface area contributed by atoms with Gasteiger partial charge >= 0.3 is 0 Å². The molecule has 0 heterocycles. The van der Waals surface area contributed by atoms with Crippen LogP contribution < -0.4 is 0 Å². The van der Waals surface area contributed by atoms with Crippen LogP contribution in [0.3, 0.4) is 0 Å². The monoisotopic (exact) mass is 177 g/mol. The second-order valence-corrected chi connectivity index (χ2v) is 3.62. The van der Waals surface area contributed by atoms with Gasteiger partial charge in [0.05, 0.1) is 0 Å². The van der Waals surface area contributed by atoms with Crippen molar-refractivity contribution in [1.82, 2.24) is 0 Å². The van der Waals surface area contributed by atoms with Crippen LogP contribution in [0.1, 0.15) is 25.0 Å². The summed E-state index contributed by atoms with van der Waals surface area (Å²) in [6.07, 6.45) is 3.59. The zero-order valence-corrected chi connectivity index (χ0v) is 8.10. The summed E-state index contributed by atoms with van der Waals surface area (Å²) in [6, 6.07) is 4.94. The fourth-order valence-corrected chi connectivity index (χ4v) is 1.34. The molecule has 69 valence electrons. The molecule has 0 atom stereocenters. The molecule has 0 saturated carbocycles. The van der Waals surface area contributed by atoms with Gasteiger partial charge in [-0.25, -0.2) is 4.39 Å². The Labute approximate surface area is 79.1 Å². The fraction of sp³-hybridized carbons (Fsp3) is 0.333. The lowest BCUT2D eigenvalue weighted by Crippen LogP contribution is -1.95. The molecule has 0 aliphatic rings. The molecule has 1 aromatic carbocycles. The molecule has 1 radical (unpaired) electrons. The SMILES string of the molecule is C=[C]c1cc(F)cc(CC(C)C)c1. The zero-order chi connectivity index (χ0) is 9.84. The molecule has 0 aliphatic carbocycles. The molecule has 0 aliphatic heterocycles. The highest BCUT2D eigenvalue weighted by molar-refractivity contribution is 5.28. The van der Waals surface area contributed by atoms with Crippen molar-refractivity contribution in [1.29, 1.82) is 0 Å². The van der Waals surface area contributed by atoms with Gasteiger partial charge in [-0.05, 0) is 41.7 Å². The zero-order valence-electron chi connectivity index (χ0n) is 8.10. The Morgan fingerprint density at radius 3 is 2.62 bits per heavy atom. The molecule has 0 amide bonds. The Hall–Kier alpha value is -1.11. The van der Waals surface area contributed by atoms with Crippen LogP contribution in [0, 0.1) is 17.8 Å². The van der Waals surface area contributed by atoms with Crippen molar-refractivity contribution >= 4 is 0 Å². The Morgan fingerprint density at radius 2 is 2.08 bits per heavy atom. The van der Waals surface area contributed by atoms with Crippen LogP contribution in [0.15, 0.2) is 24.8 Å². The number of rotatable bonds is 3. The minimum absolute atomic E-state index is 0.204. The van der Waals surface area contributed by atoms with Crippen molar-refractivity contribution in [2.75, 3.05) is 0 Å². The number of hydrogen-bond acceptors (Lipinski definition) is 0. The van der Waals surface area contributed by atoms with Gasteiger partial charge < -0.3 is 0 Å². The first kappa shape index (κ1) is 9.97. The summed E-state index contributed by atoms with van der Waals surface area (Å²) in [5.41, 5.74) is 1.75. The quantitative estimate of drug-likeness (QED) is 0.664. The maximum atomic E-state index is 13.0. The average Bonchev–Trinajstić information content (AvgIpc) is 2.01. The largest absolute Gasteiger partial charge is 0.207 e. The molecule has 0 bridgehead atoms. The van der Waals surface area contributed by atoms with Gasteiger partial charge in [-0.3, -0.25) is 0 Å². The highest BCUT2D eigenvalue weighted by Crippen LogP contribution is 2.13. The average molecular weight is 177 g/mol. The lowest BCUT2D eigenvalue weighted by molar-refractivity contribution is 0.612.